The molecule has 198 valence electrons. The van der Waals surface area contributed by atoms with E-state index < -0.39 is 91.7 Å². The number of nitrogens with zero attached hydrogens (tertiary/aromatic N) is 1. The lowest BCUT2D eigenvalue weighted by Crippen LogP contribution is -2.54. The maximum absolute atomic E-state index is 13.7. The van der Waals surface area contributed by atoms with Gasteiger partial charge in [-0.2, -0.15) is 30.7 Å². The van der Waals surface area contributed by atoms with Gasteiger partial charge in [0.25, 0.3) is 5.69 Å². The molecule has 1 aliphatic rings. The highest BCUT2D eigenvalue weighted by molar-refractivity contribution is 7.92. The van der Waals surface area contributed by atoms with Gasteiger partial charge < -0.3 is 5.32 Å². The summed E-state index contributed by atoms with van der Waals surface area (Å²) < 4.78 is 150. The van der Waals surface area contributed by atoms with E-state index in [0.717, 1.165) is 0 Å². The standard InChI is InChI=1S/C15H13F7N2O8S3/c16-13(17,14(18,19)20)15(21,22)33(28)9-1-2-11(10(5-9)24(26)27)35(31,32)7-12(25)23-8-3-4-34(29,30)6-8/h1-2,5,8H,3-4,6-7H2,(H,23,25). The van der Waals surface area contributed by atoms with Crippen LogP contribution < -0.4 is 5.32 Å². The van der Waals surface area contributed by atoms with Crippen molar-refractivity contribution in [1.29, 1.82) is 0 Å². The Morgan fingerprint density at radius 1 is 1.17 bits per heavy atom. The van der Waals surface area contributed by atoms with Crippen molar-refractivity contribution in [1.82, 2.24) is 5.32 Å². The Morgan fingerprint density at radius 3 is 2.20 bits per heavy atom. The maximum Gasteiger partial charge on any atom is 0.461 e. The fourth-order valence-corrected chi connectivity index (χ4v) is 6.92. The highest BCUT2D eigenvalue weighted by atomic mass is 32.2. The number of alkyl halides is 7. The van der Waals surface area contributed by atoms with E-state index >= 15 is 0 Å². The Hall–Kier alpha value is -2.35. The molecule has 1 amide bonds. The molecule has 20 heteroatoms. The first-order valence-electron chi connectivity index (χ1n) is 8.87. The van der Waals surface area contributed by atoms with Crippen LogP contribution in [0, 0.1) is 10.1 Å². The van der Waals surface area contributed by atoms with Crippen molar-refractivity contribution in [3.63, 3.8) is 0 Å². The van der Waals surface area contributed by atoms with Gasteiger partial charge in [0.05, 0.1) is 21.3 Å². The molecule has 1 aliphatic heterocycles. The first-order valence-corrected chi connectivity index (χ1v) is 13.5. The first-order chi connectivity index (χ1) is 15.6. The topological polar surface area (TPSA) is 158 Å². The molecule has 0 aromatic heterocycles. The van der Waals surface area contributed by atoms with E-state index in [2.05, 4.69) is 5.32 Å². The van der Waals surface area contributed by atoms with Crippen LogP contribution in [-0.4, -0.2) is 72.5 Å². The van der Waals surface area contributed by atoms with Gasteiger partial charge in [-0.05, 0) is 18.6 Å². The highest BCUT2D eigenvalue weighted by Crippen LogP contribution is 2.49. The smallest absolute Gasteiger partial charge is 0.351 e. The van der Waals surface area contributed by atoms with Crippen LogP contribution in [0.15, 0.2) is 28.0 Å². The van der Waals surface area contributed by atoms with E-state index in [9.17, 15) is 66.7 Å². The fourth-order valence-electron chi connectivity index (χ4n) is 2.88. The van der Waals surface area contributed by atoms with Crippen molar-refractivity contribution in [2.24, 2.45) is 0 Å². The van der Waals surface area contributed by atoms with Crippen molar-refractivity contribution in [2.75, 3.05) is 17.3 Å². The largest absolute Gasteiger partial charge is 0.461 e. The number of benzene rings is 1. The number of carbonyl (C=O) groups excluding carboxylic acids is 1. The normalized spacial score (nSPS) is 19.8. The van der Waals surface area contributed by atoms with Crippen molar-refractivity contribution in [2.45, 2.75) is 39.6 Å². The molecule has 2 rings (SSSR count). The summed E-state index contributed by atoms with van der Waals surface area (Å²) in [5, 5.41) is 7.04. The molecule has 1 N–H and O–H groups in total. The number of amides is 1. The predicted molar refractivity (Wildman–Crippen MR) is 103 cm³/mol. The summed E-state index contributed by atoms with van der Waals surface area (Å²) in [5.74, 6) is -10.4. The van der Waals surface area contributed by atoms with E-state index in [0.29, 0.717) is 0 Å². The van der Waals surface area contributed by atoms with Crippen LogP contribution in [0.2, 0.25) is 0 Å². The van der Waals surface area contributed by atoms with E-state index in [-0.39, 0.29) is 30.4 Å². The third kappa shape index (κ3) is 5.90. The molecule has 10 nitrogen and oxygen atoms in total. The Balaban J connectivity index is 2.38. The molecule has 1 aromatic carbocycles. The summed E-state index contributed by atoms with van der Waals surface area (Å²) in [6, 6.07) is -0.890. The molecule has 0 bridgehead atoms. The van der Waals surface area contributed by atoms with Gasteiger partial charge in [-0.1, -0.05) is 0 Å². The zero-order valence-corrected chi connectivity index (χ0v) is 19.2. The predicted octanol–water partition coefficient (Wildman–Crippen LogP) is 1.57. The number of halogens is 7. The summed E-state index contributed by atoms with van der Waals surface area (Å²) in [6.07, 6.45) is -6.88. The van der Waals surface area contributed by atoms with Crippen molar-refractivity contribution in [3.05, 3.63) is 28.3 Å². The zero-order valence-electron chi connectivity index (χ0n) is 16.7. The third-order valence-electron chi connectivity index (χ3n) is 4.55. The lowest BCUT2D eigenvalue weighted by atomic mass is 10.3. The van der Waals surface area contributed by atoms with Gasteiger partial charge >= 0.3 is 17.4 Å². The number of nitro groups is 1. The number of rotatable bonds is 8. The second kappa shape index (κ2) is 9.26. The first kappa shape index (κ1) is 28.9. The Bertz CT molecular complexity index is 1280. The summed E-state index contributed by atoms with van der Waals surface area (Å²) in [5.41, 5.74) is -1.63. The third-order valence-corrected chi connectivity index (χ3v) is 9.38. The SMILES string of the molecule is O=C(CS(=O)(=O)c1ccc(S(=O)C(F)(F)C(F)(F)C(F)(F)F)cc1[N+](=O)[O-])NC1CCS(=O)(=O)C1. The Labute approximate surface area is 194 Å². The van der Waals surface area contributed by atoms with Gasteiger partial charge in [0, 0.05) is 12.1 Å². The number of nitrogens with one attached hydrogen (secondary N) is 1. The van der Waals surface area contributed by atoms with Crippen molar-refractivity contribution in [3.8, 4) is 0 Å². The van der Waals surface area contributed by atoms with Crippen LogP contribution in [-0.2, 0) is 35.3 Å². The van der Waals surface area contributed by atoms with Crippen LogP contribution in [0.1, 0.15) is 6.42 Å². The lowest BCUT2D eigenvalue weighted by molar-refractivity contribution is -0.388. The van der Waals surface area contributed by atoms with Crippen molar-refractivity contribution < 1.29 is 61.5 Å². The van der Waals surface area contributed by atoms with Gasteiger partial charge in [-0.15, -0.1) is 0 Å². The molecule has 0 aliphatic carbocycles. The van der Waals surface area contributed by atoms with Gasteiger partial charge in [0.1, 0.15) is 21.4 Å². The average Bonchev–Trinajstić information content (AvgIpc) is 3.03. The number of carbonyl (C=O) groups is 1. The molecule has 1 heterocycles. The van der Waals surface area contributed by atoms with Gasteiger partial charge in [-0.25, -0.2) is 21.0 Å². The van der Waals surface area contributed by atoms with Crippen LogP contribution >= 0.6 is 0 Å². The summed E-state index contributed by atoms with van der Waals surface area (Å²) in [6.45, 7) is 0. The van der Waals surface area contributed by atoms with Crippen LogP contribution in [0.25, 0.3) is 0 Å². The molecule has 2 unspecified atom stereocenters. The quantitative estimate of drug-likeness (QED) is 0.277. The highest BCUT2D eigenvalue weighted by Gasteiger charge is 2.76. The van der Waals surface area contributed by atoms with E-state index in [1.165, 1.54) is 0 Å². The maximum atomic E-state index is 13.7. The molecular weight excluding hydrogens is 565 g/mol. The molecule has 35 heavy (non-hydrogen) atoms. The number of sulfone groups is 2. The van der Waals surface area contributed by atoms with Crippen molar-refractivity contribution >= 4 is 42.1 Å². The lowest BCUT2D eigenvalue weighted by Gasteiger charge is -2.27. The molecule has 0 spiro atoms. The second-order valence-electron chi connectivity index (χ2n) is 7.17. The minimum atomic E-state index is -6.84. The van der Waals surface area contributed by atoms with Gasteiger partial charge in [0.2, 0.25) is 5.91 Å². The minimum Gasteiger partial charge on any atom is -0.351 e. The van der Waals surface area contributed by atoms with E-state index in [1.807, 2.05) is 0 Å². The van der Waals surface area contributed by atoms with Gasteiger partial charge in [-0.3, -0.25) is 14.9 Å². The number of hydrogen-bond donors (Lipinski definition) is 1. The minimum absolute atomic E-state index is 0.0362. The van der Waals surface area contributed by atoms with Crippen LogP contribution in [0.5, 0.6) is 0 Å². The summed E-state index contributed by atoms with van der Waals surface area (Å²) in [4.78, 5) is 18.8. The molecular formula is C15H13F7N2O8S3. The van der Waals surface area contributed by atoms with Crippen LogP contribution in [0.4, 0.5) is 36.4 Å². The molecule has 1 saturated heterocycles. The van der Waals surface area contributed by atoms with Crippen LogP contribution in [0.3, 0.4) is 0 Å². The average molecular weight is 578 g/mol. The zero-order chi connectivity index (χ0) is 27.2. The second-order valence-corrected chi connectivity index (χ2v) is 12.9. The monoisotopic (exact) mass is 578 g/mol. The Kier molecular flexibility index (Phi) is 7.65. The summed E-state index contributed by atoms with van der Waals surface area (Å²) in [7, 11) is -13.0. The Morgan fingerprint density at radius 2 is 1.74 bits per heavy atom. The fraction of sp³-hybridized carbons (Fsp3) is 0.533. The molecule has 0 saturated carbocycles. The van der Waals surface area contributed by atoms with E-state index in [4.69, 9.17) is 0 Å². The van der Waals surface area contributed by atoms with E-state index in [1.54, 1.807) is 0 Å². The molecule has 2 atom stereocenters. The summed E-state index contributed by atoms with van der Waals surface area (Å²) >= 11 is 0. The molecule has 0 radical (unpaired) electrons. The number of hydrogen-bond acceptors (Lipinski definition) is 8. The molecule has 1 fully saturated rings. The number of nitro benzene ring substituents is 1. The van der Waals surface area contributed by atoms with Gasteiger partial charge in [0.15, 0.2) is 19.7 Å². The molecule has 1 aromatic rings.